The summed E-state index contributed by atoms with van der Waals surface area (Å²) in [5, 5.41) is 6.87. The summed E-state index contributed by atoms with van der Waals surface area (Å²) >= 11 is 0. The molecule has 32 heavy (non-hydrogen) atoms. The second-order valence-electron chi connectivity index (χ2n) is 7.87. The molecule has 0 spiro atoms. The molecule has 1 aliphatic rings. The van der Waals surface area contributed by atoms with Gasteiger partial charge in [-0.25, -0.2) is 4.99 Å². The summed E-state index contributed by atoms with van der Waals surface area (Å²) in [7, 11) is 3.29. The topological polar surface area (TPSA) is 64.1 Å². The fourth-order valence-corrected chi connectivity index (χ4v) is 3.90. The summed E-state index contributed by atoms with van der Waals surface area (Å²) in [6.07, 6.45) is 2.35. The number of aliphatic imine (C=N–C) groups is 1. The Bertz CT molecular complexity index is 858. The number of ether oxygens (including phenoxy) is 3. The third-order valence-electron chi connectivity index (χ3n) is 5.59. The monoisotopic (exact) mass is 553 g/mol. The van der Waals surface area contributed by atoms with Gasteiger partial charge >= 0.3 is 0 Å². The maximum absolute atomic E-state index is 6.16. The molecule has 0 amide bonds. The van der Waals surface area contributed by atoms with E-state index in [2.05, 4.69) is 48.7 Å². The second-order valence-corrected chi connectivity index (χ2v) is 7.87. The van der Waals surface area contributed by atoms with E-state index in [0.29, 0.717) is 18.2 Å². The number of nitrogens with zero attached hydrogens (tertiary/aromatic N) is 1. The lowest BCUT2D eigenvalue weighted by molar-refractivity contribution is -0.0265. The Morgan fingerprint density at radius 1 is 1.06 bits per heavy atom. The number of benzene rings is 2. The van der Waals surface area contributed by atoms with E-state index in [9.17, 15) is 0 Å². The van der Waals surface area contributed by atoms with Gasteiger partial charge in [-0.3, -0.25) is 0 Å². The van der Waals surface area contributed by atoms with Crippen molar-refractivity contribution in [2.75, 3.05) is 33.9 Å². The van der Waals surface area contributed by atoms with Crippen LogP contribution in [0, 0.1) is 12.8 Å². The third kappa shape index (κ3) is 7.27. The van der Waals surface area contributed by atoms with Gasteiger partial charge in [-0.15, -0.1) is 24.0 Å². The highest BCUT2D eigenvalue weighted by molar-refractivity contribution is 14.0. The van der Waals surface area contributed by atoms with Crippen LogP contribution in [-0.2, 0) is 11.3 Å². The smallest absolute Gasteiger partial charge is 0.191 e. The number of halogens is 1. The Kier molecular flexibility index (Phi) is 11.1. The molecule has 6 nitrogen and oxygen atoms in total. The van der Waals surface area contributed by atoms with Crippen LogP contribution in [0.4, 0.5) is 0 Å². The predicted octanol–water partition coefficient (Wildman–Crippen LogP) is 4.85. The van der Waals surface area contributed by atoms with Crippen molar-refractivity contribution in [2.45, 2.75) is 39.3 Å². The van der Waals surface area contributed by atoms with E-state index in [0.717, 1.165) is 49.8 Å². The lowest BCUT2D eigenvalue weighted by Crippen LogP contribution is -2.42. The Morgan fingerprint density at radius 3 is 2.50 bits per heavy atom. The first kappa shape index (κ1) is 26.3. The van der Waals surface area contributed by atoms with Crippen molar-refractivity contribution in [3.05, 3.63) is 59.2 Å². The number of aryl methyl sites for hydroxylation is 1. The molecule has 0 bridgehead atoms. The fourth-order valence-electron chi connectivity index (χ4n) is 3.90. The van der Waals surface area contributed by atoms with E-state index in [1.165, 1.54) is 11.1 Å². The highest BCUT2D eigenvalue weighted by Crippen LogP contribution is 2.33. The van der Waals surface area contributed by atoms with Crippen LogP contribution in [0.3, 0.4) is 0 Å². The summed E-state index contributed by atoms with van der Waals surface area (Å²) in [5.41, 5.74) is 3.59. The molecule has 176 valence electrons. The maximum atomic E-state index is 6.16. The maximum Gasteiger partial charge on any atom is 0.191 e. The van der Waals surface area contributed by atoms with Crippen LogP contribution in [0.15, 0.2) is 47.5 Å². The summed E-state index contributed by atoms with van der Waals surface area (Å²) in [6.45, 7) is 7.19. The molecule has 1 aliphatic heterocycles. The minimum Gasteiger partial charge on any atom is -0.493 e. The van der Waals surface area contributed by atoms with Crippen LogP contribution in [0.2, 0.25) is 0 Å². The van der Waals surface area contributed by atoms with Gasteiger partial charge in [0.15, 0.2) is 17.5 Å². The summed E-state index contributed by atoms with van der Waals surface area (Å²) in [4.78, 5) is 4.77. The number of methoxy groups -OCH3 is 2. The molecule has 2 unspecified atom stereocenters. The molecule has 1 saturated heterocycles. The van der Waals surface area contributed by atoms with E-state index in [4.69, 9.17) is 19.2 Å². The van der Waals surface area contributed by atoms with Gasteiger partial charge in [-0.05, 0) is 49.9 Å². The number of hydrogen-bond donors (Lipinski definition) is 2. The van der Waals surface area contributed by atoms with Gasteiger partial charge in [0.05, 0.1) is 26.9 Å². The lowest BCUT2D eigenvalue weighted by atomic mass is 9.89. The van der Waals surface area contributed by atoms with E-state index in [-0.39, 0.29) is 30.1 Å². The van der Waals surface area contributed by atoms with Gasteiger partial charge in [0.25, 0.3) is 0 Å². The Hall–Kier alpha value is -2.00. The third-order valence-corrected chi connectivity index (χ3v) is 5.59. The van der Waals surface area contributed by atoms with Crippen LogP contribution in [0.5, 0.6) is 11.5 Å². The molecule has 0 aliphatic carbocycles. The zero-order chi connectivity index (χ0) is 22.1. The molecule has 2 aromatic rings. The Balaban J connectivity index is 0.00000363. The van der Waals surface area contributed by atoms with Crippen LogP contribution < -0.4 is 20.1 Å². The summed E-state index contributed by atoms with van der Waals surface area (Å²) in [5.74, 6) is 2.65. The Labute approximate surface area is 209 Å². The molecule has 0 aromatic heterocycles. The first-order chi connectivity index (χ1) is 15.1. The molecule has 0 radical (unpaired) electrons. The van der Waals surface area contributed by atoms with Crippen LogP contribution in [-0.4, -0.2) is 39.9 Å². The van der Waals surface area contributed by atoms with Crippen LogP contribution in [0.25, 0.3) is 0 Å². The van der Waals surface area contributed by atoms with Gasteiger partial charge in [0, 0.05) is 25.6 Å². The molecule has 7 heteroatoms. The number of guanidine groups is 1. The fraction of sp³-hybridized carbons (Fsp3) is 0.480. The first-order valence-electron chi connectivity index (χ1n) is 11.1. The molecular weight excluding hydrogens is 517 g/mol. The van der Waals surface area contributed by atoms with E-state index in [1.54, 1.807) is 14.2 Å². The largest absolute Gasteiger partial charge is 0.493 e. The van der Waals surface area contributed by atoms with E-state index >= 15 is 0 Å². The van der Waals surface area contributed by atoms with Gasteiger partial charge < -0.3 is 24.8 Å². The lowest BCUT2D eigenvalue weighted by Gasteiger charge is -2.32. The SMILES string of the molecule is CCNC(=NCc1ccc(OC)c(OC)c1)NCC1CCCOC1c1ccc(C)cc1.I. The minimum absolute atomic E-state index is 0. The van der Waals surface area contributed by atoms with Crippen LogP contribution >= 0.6 is 24.0 Å². The van der Waals surface area contributed by atoms with Gasteiger partial charge in [0.1, 0.15) is 0 Å². The average molecular weight is 553 g/mol. The second kappa shape index (κ2) is 13.5. The minimum atomic E-state index is 0. The van der Waals surface area contributed by atoms with Crippen molar-refractivity contribution >= 4 is 29.9 Å². The predicted molar refractivity (Wildman–Crippen MR) is 140 cm³/mol. The van der Waals surface area contributed by atoms with Crippen molar-refractivity contribution in [2.24, 2.45) is 10.9 Å². The number of rotatable bonds is 8. The molecular formula is C25H36IN3O3. The van der Waals surface area contributed by atoms with Crippen LogP contribution in [0.1, 0.15) is 42.6 Å². The zero-order valence-electron chi connectivity index (χ0n) is 19.5. The molecule has 2 atom stereocenters. The molecule has 2 aromatic carbocycles. The zero-order valence-corrected chi connectivity index (χ0v) is 21.8. The highest BCUT2D eigenvalue weighted by Gasteiger charge is 2.27. The Morgan fingerprint density at radius 2 is 1.81 bits per heavy atom. The van der Waals surface area contributed by atoms with Crippen molar-refractivity contribution in [3.63, 3.8) is 0 Å². The van der Waals surface area contributed by atoms with Gasteiger partial charge in [-0.1, -0.05) is 35.9 Å². The van der Waals surface area contributed by atoms with Crippen molar-refractivity contribution in [1.82, 2.24) is 10.6 Å². The molecule has 1 fully saturated rings. The highest BCUT2D eigenvalue weighted by atomic mass is 127. The number of nitrogens with one attached hydrogen (secondary N) is 2. The normalized spacial score (nSPS) is 18.4. The molecule has 1 heterocycles. The van der Waals surface area contributed by atoms with Crippen molar-refractivity contribution in [1.29, 1.82) is 0 Å². The standard InChI is InChI=1S/C25H35N3O3.HI/c1-5-26-25(27-16-19-10-13-22(29-3)23(15-19)30-4)28-17-21-7-6-14-31-24(21)20-11-8-18(2)9-12-20;/h8-13,15,21,24H,5-7,14,16-17H2,1-4H3,(H2,26,27,28);1H. The van der Waals surface area contributed by atoms with E-state index < -0.39 is 0 Å². The average Bonchev–Trinajstić information content (AvgIpc) is 2.81. The molecule has 0 saturated carbocycles. The first-order valence-corrected chi connectivity index (χ1v) is 11.1. The number of hydrogen-bond acceptors (Lipinski definition) is 4. The summed E-state index contributed by atoms with van der Waals surface area (Å²) in [6, 6.07) is 14.6. The summed E-state index contributed by atoms with van der Waals surface area (Å²) < 4.78 is 16.9. The van der Waals surface area contributed by atoms with Crippen molar-refractivity contribution < 1.29 is 14.2 Å². The quantitative estimate of drug-likeness (QED) is 0.278. The molecule has 2 N–H and O–H groups in total. The van der Waals surface area contributed by atoms with E-state index in [1.807, 2.05) is 18.2 Å². The van der Waals surface area contributed by atoms with Crippen molar-refractivity contribution in [3.8, 4) is 11.5 Å². The molecule has 3 rings (SSSR count). The van der Waals surface area contributed by atoms with Gasteiger partial charge in [0.2, 0.25) is 0 Å². The van der Waals surface area contributed by atoms with Gasteiger partial charge in [-0.2, -0.15) is 0 Å².